The Morgan fingerprint density at radius 1 is 1.45 bits per heavy atom. The first-order valence-corrected chi connectivity index (χ1v) is 7.42. The van der Waals surface area contributed by atoms with E-state index in [0.29, 0.717) is 19.3 Å². The molecule has 2 atom stereocenters. The van der Waals surface area contributed by atoms with Gasteiger partial charge in [0.05, 0.1) is 12.6 Å². The smallest absolute Gasteiger partial charge is 0.248 e. The Hall–Kier alpha value is -0.710. The van der Waals surface area contributed by atoms with Crippen molar-refractivity contribution in [3.63, 3.8) is 0 Å². The topological polar surface area (TPSA) is 49.3 Å². The quantitative estimate of drug-likeness (QED) is 0.817. The summed E-state index contributed by atoms with van der Waals surface area (Å²) in [7, 11) is 0. The first-order chi connectivity index (χ1) is 9.13. The van der Waals surface area contributed by atoms with Gasteiger partial charge in [-0.25, -0.2) is 8.78 Å². The van der Waals surface area contributed by atoms with Crippen molar-refractivity contribution in [2.24, 2.45) is 11.3 Å². The van der Waals surface area contributed by atoms with E-state index < -0.39 is 11.8 Å². The molecule has 1 aliphatic carbocycles. The molecule has 1 saturated carbocycles. The van der Waals surface area contributed by atoms with Gasteiger partial charge in [0, 0.05) is 18.8 Å². The van der Waals surface area contributed by atoms with Crippen LogP contribution in [0, 0.1) is 11.3 Å². The second-order valence-corrected chi connectivity index (χ2v) is 7.14. The summed E-state index contributed by atoms with van der Waals surface area (Å²) in [6.07, 6.45) is 1.93. The summed E-state index contributed by atoms with van der Waals surface area (Å²) in [5.41, 5.74) is 0.121. The molecule has 0 heterocycles. The number of carbonyl (C=O) groups is 1. The van der Waals surface area contributed by atoms with E-state index in [-0.39, 0.29) is 36.8 Å². The molecule has 0 aliphatic heterocycles. The summed E-state index contributed by atoms with van der Waals surface area (Å²) in [5.74, 6) is -3.68. The van der Waals surface area contributed by atoms with Crippen molar-refractivity contribution in [1.82, 2.24) is 5.32 Å². The summed E-state index contributed by atoms with van der Waals surface area (Å²) in [4.78, 5) is 12.0. The van der Waals surface area contributed by atoms with Gasteiger partial charge in [0.1, 0.15) is 0 Å². The van der Waals surface area contributed by atoms with Gasteiger partial charge in [-0.3, -0.25) is 4.79 Å². The summed E-state index contributed by atoms with van der Waals surface area (Å²) in [6, 6.07) is -0.336. The molecule has 0 saturated heterocycles. The van der Waals surface area contributed by atoms with Gasteiger partial charge in [-0.1, -0.05) is 20.8 Å². The number of halogens is 2. The van der Waals surface area contributed by atoms with Crippen LogP contribution in [0.3, 0.4) is 0 Å². The average molecular weight is 291 g/mol. The molecule has 5 heteroatoms. The largest absolute Gasteiger partial charge is 0.394 e. The van der Waals surface area contributed by atoms with E-state index in [1.165, 1.54) is 0 Å². The van der Waals surface area contributed by atoms with E-state index in [4.69, 9.17) is 0 Å². The molecule has 3 nitrogen and oxygen atoms in total. The lowest BCUT2D eigenvalue weighted by Crippen LogP contribution is -2.44. The van der Waals surface area contributed by atoms with E-state index in [1.54, 1.807) is 0 Å². The van der Waals surface area contributed by atoms with E-state index in [9.17, 15) is 18.7 Å². The maximum atomic E-state index is 13.3. The Labute approximate surface area is 120 Å². The second kappa shape index (κ2) is 6.83. The molecule has 118 valence electrons. The van der Waals surface area contributed by atoms with Crippen LogP contribution in [0.2, 0.25) is 0 Å². The van der Waals surface area contributed by atoms with Gasteiger partial charge in [-0.15, -0.1) is 0 Å². The molecule has 1 fully saturated rings. The van der Waals surface area contributed by atoms with E-state index in [2.05, 4.69) is 26.1 Å². The number of rotatable bonds is 5. The highest BCUT2D eigenvalue weighted by Gasteiger charge is 2.39. The molecule has 0 bridgehead atoms. The van der Waals surface area contributed by atoms with Crippen molar-refractivity contribution in [2.75, 3.05) is 6.61 Å². The first-order valence-electron chi connectivity index (χ1n) is 7.42. The fourth-order valence-corrected chi connectivity index (χ4v) is 2.53. The molecule has 0 spiro atoms. The molecule has 2 N–H and O–H groups in total. The van der Waals surface area contributed by atoms with Crippen molar-refractivity contribution in [1.29, 1.82) is 0 Å². The van der Waals surface area contributed by atoms with Crippen LogP contribution < -0.4 is 5.32 Å². The zero-order valence-electron chi connectivity index (χ0n) is 12.7. The van der Waals surface area contributed by atoms with Gasteiger partial charge in [-0.2, -0.15) is 0 Å². The second-order valence-electron chi connectivity index (χ2n) is 7.14. The molecule has 20 heavy (non-hydrogen) atoms. The van der Waals surface area contributed by atoms with Crippen LogP contribution >= 0.6 is 0 Å². The molecule has 0 aromatic rings. The van der Waals surface area contributed by atoms with Crippen LogP contribution in [0.4, 0.5) is 8.78 Å². The number of nitrogens with one attached hydrogen (secondary N) is 1. The molecule has 1 amide bonds. The minimum absolute atomic E-state index is 0.121. The van der Waals surface area contributed by atoms with Crippen LogP contribution in [-0.4, -0.2) is 29.6 Å². The third kappa shape index (κ3) is 6.16. The normalized spacial score (nSPS) is 24.2. The Morgan fingerprint density at radius 2 is 2.10 bits per heavy atom. The van der Waals surface area contributed by atoms with Crippen molar-refractivity contribution in [3.8, 4) is 0 Å². The number of aliphatic hydroxyl groups excluding tert-OH is 1. The van der Waals surface area contributed by atoms with E-state index in [0.717, 1.165) is 6.42 Å². The number of carbonyl (C=O) groups excluding carboxylic acids is 1. The summed E-state index contributed by atoms with van der Waals surface area (Å²) >= 11 is 0. The highest BCUT2D eigenvalue weighted by molar-refractivity contribution is 5.79. The third-order valence-corrected chi connectivity index (χ3v) is 3.82. The lowest BCUT2D eigenvalue weighted by Gasteiger charge is -2.30. The van der Waals surface area contributed by atoms with Gasteiger partial charge >= 0.3 is 0 Å². The molecular weight excluding hydrogens is 264 g/mol. The fraction of sp³-hybridized carbons (Fsp3) is 0.933. The van der Waals surface area contributed by atoms with Gasteiger partial charge in [-0.05, 0) is 31.1 Å². The zero-order chi connectivity index (χ0) is 15.4. The number of hydrogen-bond acceptors (Lipinski definition) is 2. The predicted molar refractivity (Wildman–Crippen MR) is 74.6 cm³/mol. The van der Waals surface area contributed by atoms with Crippen molar-refractivity contribution >= 4 is 5.91 Å². The number of amides is 1. The predicted octanol–water partition coefficient (Wildman–Crippen LogP) is 3.12. The standard InChI is InChI=1S/C15H27F2NO2/c1-14(2,3)8-6-12(10-19)18-13(20)11-5-4-7-15(16,17)9-11/h11-12,19H,4-10H2,1-3H3,(H,18,20). The Kier molecular flexibility index (Phi) is 5.92. The van der Waals surface area contributed by atoms with Gasteiger partial charge < -0.3 is 10.4 Å². The maximum absolute atomic E-state index is 13.3. The van der Waals surface area contributed by atoms with Gasteiger partial charge in [0.2, 0.25) is 11.8 Å². The highest BCUT2D eigenvalue weighted by Crippen LogP contribution is 2.36. The van der Waals surface area contributed by atoms with Crippen LogP contribution in [0.15, 0.2) is 0 Å². The summed E-state index contributed by atoms with van der Waals surface area (Å²) in [6.45, 7) is 6.12. The highest BCUT2D eigenvalue weighted by atomic mass is 19.3. The molecule has 1 aliphatic rings. The Balaban J connectivity index is 2.46. The van der Waals surface area contributed by atoms with Crippen molar-refractivity contribution in [3.05, 3.63) is 0 Å². The Morgan fingerprint density at radius 3 is 2.60 bits per heavy atom. The number of alkyl halides is 2. The lowest BCUT2D eigenvalue weighted by molar-refractivity contribution is -0.133. The summed E-state index contributed by atoms with van der Waals surface area (Å²) < 4.78 is 26.6. The number of hydrogen-bond donors (Lipinski definition) is 2. The van der Waals surface area contributed by atoms with Gasteiger partial charge in [0.15, 0.2) is 0 Å². The molecule has 1 rings (SSSR count). The summed E-state index contributed by atoms with van der Waals surface area (Å²) in [5, 5.41) is 12.0. The molecule has 0 aromatic heterocycles. The molecule has 2 unspecified atom stereocenters. The fourth-order valence-electron chi connectivity index (χ4n) is 2.53. The van der Waals surface area contributed by atoms with Crippen molar-refractivity contribution < 1.29 is 18.7 Å². The molecular formula is C15H27F2NO2. The SMILES string of the molecule is CC(C)(C)CCC(CO)NC(=O)C1CCCC(F)(F)C1. The minimum atomic E-state index is -2.72. The number of aliphatic hydroxyl groups is 1. The molecule has 0 aromatic carbocycles. The van der Waals surface area contributed by atoms with Crippen LogP contribution in [0.1, 0.15) is 59.3 Å². The van der Waals surface area contributed by atoms with Crippen molar-refractivity contribution in [2.45, 2.75) is 71.3 Å². The monoisotopic (exact) mass is 291 g/mol. The van der Waals surface area contributed by atoms with Crippen LogP contribution in [-0.2, 0) is 4.79 Å². The Bertz CT molecular complexity index is 326. The van der Waals surface area contributed by atoms with Crippen LogP contribution in [0.25, 0.3) is 0 Å². The first kappa shape index (κ1) is 17.3. The minimum Gasteiger partial charge on any atom is -0.394 e. The van der Waals surface area contributed by atoms with E-state index in [1.807, 2.05) is 0 Å². The lowest BCUT2D eigenvalue weighted by atomic mass is 9.85. The van der Waals surface area contributed by atoms with E-state index >= 15 is 0 Å². The third-order valence-electron chi connectivity index (χ3n) is 3.82. The van der Waals surface area contributed by atoms with Crippen LogP contribution in [0.5, 0.6) is 0 Å². The maximum Gasteiger partial charge on any atom is 0.248 e. The van der Waals surface area contributed by atoms with Gasteiger partial charge in [0.25, 0.3) is 0 Å². The zero-order valence-corrected chi connectivity index (χ0v) is 12.7. The molecule has 0 radical (unpaired) electrons. The average Bonchev–Trinajstić information content (AvgIpc) is 2.31.